The van der Waals surface area contributed by atoms with Crippen LogP contribution in [0.5, 0.6) is 0 Å². The molecule has 0 radical (unpaired) electrons. The quantitative estimate of drug-likeness (QED) is 0.346. The van der Waals surface area contributed by atoms with E-state index < -0.39 is 5.91 Å². The summed E-state index contributed by atoms with van der Waals surface area (Å²) in [4.78, 5) is 32.0. The Hall–Kier alpha value is -4.49. The molecule has 5 rings (SSSR count). The van der Waals surface area contributed by atoms with Crippen LogP contribution in [0.25, 0.3) is 11.4 Å². The molecule has 4 aromatic rings. The lowest BCUT2D eigenvalue weighted by Crippen LogP contribution is -2.30. The molecule has 0 unspecified atom stereocenters. The fourth-order valence-electron chi connectivity index (χ4n) is 4.56. The monoisotopic (exact) mass is 498 g/mol. The van der Waals surface area contributed by atoms with Crippen LogP contribution in [0.1, 0.15) is 65.4 Å². The first-order chi connectivity index (χ1) is 17.4. The zero-order chi connectivity index (χ0) is 25.4. The fraction of sp³-hybridized carbons (Fsp3) is 0.192. The van der Waals surface area contributed by atoms with Crippen molar-refractivity contribution in [2.24, 2.45) is 0 Å². The number of carbonyl (C=O) groups excluding carboxylic acids is 2. The number of nitriles is 1. The van der Waals surface area contributed by atoms with Crippen LogP contribution in [-0.4, -0.2) is 31.5 Å². The summed E-state index contributed by atoms with van der Waals surface area (Å²) in [5, 5.41) is 28.9. The second-order valence-corrected chi connectivity index (χ2v) is 9.67. The molecule has 180 valence electrons. The van der Waals surface area contributed by atoms with Crippen molar-refractivity contribution in [3.63, 3.8) is 0 Å². The van der Waals surface area contributed by atoms with E-state index in [4.69, 9.17) is 5.26 Å². The SMILES string of the molecule is C=C(O)c1ccc2c(c1C)CC[C@@H]2NC(=O)c1cc(C(=O)NCc2ccc(C#N)s2)nc2ccnn12. The Morgan fingerprint density at radius 1 is 1.28 bits per heavy atom. The van der Waals surface area contributed by atoms with Gasteiger partial charge in [0.2, 0.25) is 0 Å². The van der Waals surface area contributed by atoms with Gasteiger partial charge in [-0.15, -0.1) is 11.3 Å². The number of aromatic nitrogens is 3. The molecular weight excluding hydrogens is 476 g/mol. The van der Waals surface area contributed by atoms with E-state index in [-0.39, 0.29) is 35.6 Å². The van der Waals surface area contributed by atoms with Crippen LogP contribution >= 0.6 is 11.3 Å². The molecule has 36 heavy (non-hydrogen) atoms. The van der Waals surface area contributed by atoms with Crippen molar-refractivity contribution in [2.45, 2.75) is 32.4 Å². The van der Waals surface area contributed by atoms with Crippen LogP contribution in [0.2, 0.25) is 0 Å². The molecule has 0 spiro atoms. The maximum absolute atomic E-state index is 13.4. The summed E-state index contributed by atoms with van der Waals surface area (Å²) >= 11 is 1.30. The van der Waals surface area contributed by atoms with Crippen LogP contribution in [0.4, 0.5) is 0 Å². The van der Waals surface area contributed by atoms with Crippen LogP contribution in [0.3, 0.4) is 0 Å². The fourth-order valence-corrected chi connectivity index (χ4v) is 5.30. The predicted molar refractivity (Wildman–Crippen MR) is 135 cm³/mol. The van der Waals surface area contributed by atoms with Gasteiger partial charge in [-0.2, -0.15) is 10.4 Å². The van der Waals surface area contributed by atoms with Gasteiger partial charge in [-0.05, 0) is 48.6 Å². The highest BCUT2D eigenvalue weighted by Crippen LogP contribution is 2.36. The Kier molecular flexibility index (Phi) is 6.00. The number of rotatable bonds is 6. The molecule has 3 aromatic heterocycles. The van der Waals surface area contributed by atoms with E-state index in [2.05, 4.69) is 33.4 Å². The van der Waals surface area contributed by atoms with Crippen molar-refractivity contribution in [3.05, 3.63) is 92.6 Å². The third kappa shape index (κ3) is 4.21. The first-order valence-corrected chi connectivity index (χ1v) is 12.1. The van der Waals surface area contributed by atoms with E-state index in [0.29, 0.717) is 16.1 Å². The summed E-state index contributed by atoms with van der Waals surface area (Å²) in [5.74, 6) is -0.780. The molecule has 1 atom stereocenters. The van der Waals surface area contributed by atoms with E-state index in [9.17, 15) is 14.7 Å². The Labute approximate surface area is 210 Å². The average Bonchev–Trinajstić information content (AvgIpc) is 3.61. The number of thiophene rings is 1. The molecule has 1 aliphatic rings. The molecule has 2 amide bonds. The van der Waals surface area contributed by atoms with E-state index in [0.717, 1.165) is 34.4 Å². The number of amides is 2. The van der Waals surface area contributed by atoms with Gasteiger partial charge in [0.25, 0.3) is 11.8 Å². The molecule has 0 aliphatic heterocycles. The number of aliphatic hydroxyl groups is 1. The highest BCUT2D eigenvalue weighted by atomic mass is 32.1. The first-order valence-electron chi connectivity index (χ1n) is 11.3. The van der Waals surface area contributed by atoms with Gasteiger partial charge in [-0.1, -0.05) is 18.7 Å². The van der Waals surface area contributed by atoms with Gasteiger partial charge in [-0.25, -0.2) is 9.50 Å². The molecule has 0 saturated carbocycles. The Morgan fingerprint density at radius 2 is 2.11 bits per heavy atom. The number of fused-ring (bicyclic) bond motifs is 2. The van der Waals surface area contributed by atoms with Crippen LogP contribution in [0, 0.1) is 18.3 Å². The Bertz CT molecular complexity index is 1580. The van der Waals surface area contributed by atoms with E-state index in [1.165, 1.54) is 28.1 Å². The predicted octanol–water partition coefficient (Wildman–Crippen LogP) is 3.85. The van der Waals surface area contributed by atoms with Crippen LogP contribution < -0.4 is 10.6 Å². The number of nitrogens with zero attached hydrogens (tertiary/aromatic N) is 4. The minimum atomic E-state index is -0.432. The summed E-state index contributed by atoms with van der Waals surface area (Å²) in [6.45, 7) is 5.82. The van der Waals surface area contributed by atoms with E-state index in [1.807, 2.05) is 19.1 Å². The van der Waals surface area contributed by atoms with E-state index >= 15 is 0 Å². The van der Waals surface area contributed by atoms with Crippen LogP contribution in [0.15, 0.2) is 49.2 Å². The highest BCUT2D eigenvalue weighted by Gasteiger charge is 2.28. The smallest absolute Gasteiger partial charge is 0.270 e. The molecule has 9 nitrogen and oxygen atoms in total. The normalized spacial score (nSPS) is 14.3. The number of nitrogens with one attached hydrogen (secondary N) is 2. The maximum atomic E-state index is 13.4. The summed E-state index contributed by atoms with van der Waals surface area (Å²) < 4.78 is 1.41. The van der Waals surface area contributed by atoms with Crippen molar-refractivity contribution >= 4 is 34.6 Å². The van der Waals surface area contributed by atoms with Gasteiger partial charge < -0.3 is 15.7 Å². The van der Waals surface area contributed by atoms with Crippen molar-refractivity contribution in [1.29, 1.82) is 5.26 Å². The topological polar surface area (TPSA) is 132 Å². The zero-order valence-electron chi connectivity index (χ0n) is 19.4. The number of hydrogen-bond acceptors (Lipinski definition) is 7. The molecule has 0 saturated heterocycles. The molecule has 3 N–H and O–H groups in total. The molecule has 10 heteroatoms. The summed E-state index contributed by atoms with van der Waals surface area (Å²) in [7, 11) is 0. The molecule has 1 aromatic carbocycles. The number of carbonyl (C=O) groups is 2. The van der Waals surface area contributed by atoms with Crippen molar-refractivity contribution in [3.8, 4) is 6.07 Å². The standard InChI is InChI=1S/C26H22N6O3S/c1-14-18(15(2)33)5-6-20-19(14)7-8-21(20)31-26(35)23-11-22(30-24-9-10-29-32(23)24)25(34)28-13-17-4-3-16(12-27)36-17/h3-6,9-11,21,33H,2,7-8,13H2,1H3,(H,28,34)(H,31,35)/t21-/m0/s1. The lowest BCUT2D eigenvalue weighted by molar-refractivity contribution is 0.0929. The molecule has 3 heterocycles. The van der Waals surface area contributed by atoms with Gasteiger partial charge >= 0.3 is 0 Å². The summed E-state index contributed by atoms with van der Waals surface area (Å²) in [6, 6.07) is 12.1. The van der Waals surface area contributed by atoms with Gasteiger partial charge in [-0.3, -0.25) is 9.59 Å². The number of aliphatic hydroxyl groups excluding tert-OH is 1. The number of hydrogen-bond donors (Lipinski definition) is 3. The lowest BCUT2D eigenvalue weighted by Gasteiger charge is -2.16. The van der Waals surface area contributed by atoms with Crippen LogP contribution in [-0.2, 0) is 13.0 Å². The highest BCUT2D eigenvalue weighted by molar-refractivity contribution is 7.12. The van der Waals surface area contributed by atoms with Crippen molar-refractivity contribution in [2.75, 3.05) is 0 Å². The summed E-state index contributed by atoms with van der Waals surface area (Å²) in [6.07, 6.45) is 3.01. The zero-order valence-corrected chi connectivity index (χ0v) is 20.2. The van der Waals surface area contributed by atoms with Gasteiger partial charge in [0.1, 0.15) is 28.1 Å². The Balaban J connectivity index is 1.38. The number of benzene rings is 1. The lowest BCUT2D eigenvalue weighted by atomic mass is 9.97. The molecular formula is C26H22N6O3S. The van der Waals surface area contributed by atoms with E-state index in [1.54, 1.807) is 18.2 Å². The third-order valence-corrected chi connectivity index (χ3v) is 7.32. The Morgan fingerprint density at radius 3 is 2.86 bits per heavy atom. The van der Waals surface area contributed by atoms with Gasteiger partial charge in [0.15, 0.2) is 5.65 Å². The largest absolute Gasteiger partial charge is 0.508 e. The van der Waals surface area contributed by atoms with Gasteiger partial charge in [0.05, 0.1) is 18.8 Å². The second kappa shape index (κ2) is 9.28. The second-order valence-electron chi connectivity index (χ2n) is 8.51. The minimum Gasteiger partial charge on any atom is -0.508 e. The summed E-state index contributed by atoms with van der Waals surface area (Å²) in [5.41, 5.74) is 4.44. The third-order valence-electron chi connectivity index (χ3n) is 6.33. The van der Waals surface area contributed by atoms with Gasteiger partial charge in [0, 0.05) is 22.6 Å². The molecule has 0 bridgehead atoms. The van der Waals surface area contributed by atoms with Crippen molar-refractivity contribution in [1.82, 2.24) is 25.2 Å². The molecule has 0 fully saturated rings. The molecule has 1 aliphatic carbocycles. The van der Waals surface area contributed by atoms with Crippen molar-refractivity contribution < 1.29 is 14.7 Å². The first kappa shape index (κ1) is 23.3. The average molecular weight is 499 g/mol. The minimum absolute atomic E-state index is 0.0241. The maximum Gasteiger partial charge on any atom is 0.270 e.